The highest BCUT2D eigenvalue weighted by Crippen LogP contribution is 2.29. The SMILES string of the molecule is COC(=O)c1ccccc1N(C)S(=O)(=O)c1cccc(Cl)c1F. The molecule has 0 aliphatic rings. The average Bonchev–Trinajstić information content (AvgIpc) is 2.55. The van der Waals surface area contributed by atoms with Crippen LogP contribution in [0.2, 0.25) is 5.02 Å². The van der Waals surface area contributed by atoms with E-state index in [0.717, 1.165) is 10.4 Å². The van der Waals surface area contributed by atoms with E-state index in [2.05, 4.69) is 4.74 Å². The van der Waals surface area contributed by atoms with Crippen molar-refractivity contribution in [1.82, 2.24) is 0 Å². The lowest BCUT2D eigenvalue weighted by atomic mass is 10.2. The second kappa shape index (κ2) is 6.55. The van der Waals surface area contributed by atoms with Gasteiger partial charge in [-0.2, -0.15) is 0 Å². The first-order valence-electron chi connectivity index (χ1n) is 6.41. The first-order valence-corrected chi connectivity index (χ1v) is 8.22. The van der Waals surface area contributed by atoms with Gasteiger partial charge in [-0.3, -0.25) is 4.31 Å². The van der Waals surface area contributed by atoms with Gasteiger partial charge >= 0.3 is 5.97 Å². The molecule has 0 aliphatic heterocycles. The van der Waals surface area contributed by atoms with Gasteiger partial charge in [-0.25, -0.2) is 17.6 Å². The Kier molecular flexibility index (Phi) is 4.91. The van der Waals surface area contributed by atoms with Crippen LogP contribution < -0.4 is 4.31 Å². The lowest BCUT2D eigenvalue weighted by Crippen LogP contribution is -2.29. The van der Waals surface area contributed by atoms with Crippen LogP contribution in [0.3, 0.4) is 0 Å². The summed E-state index contributed by atoms with van der Waals surface area (Å²) in [6.45, 7) is 0. The minimum absolute atomic E-state index is 0.0449. The maximum atomic E-state index is 14.1. The molecule has 2 aromatic carbocycles. The molecule has 0 aromatic heterocycles. The Morgan fingerprint density at radius 3 is 2.48 bits per heavy atom. The first-order chi connectivity index (χ1) is 10.8. The molecule has 0 radical (unpaired) electrons. The van der Waals surface area contributed by atoms with Crippen LogP contribution in [0.5, 0.6) is 0 Å². The summed E-state index contributed by atoms with van der Waals surface area (Å²) in [5.74, 6) is -1.74. The maximum Gasteiger partial charge on any atom is 0.340 e. The van der Waals surface area contributed by atoms with E-state index >= 15 is 0 Å². The fraction of sp³-hybridized carbons (Fsp3) is 0.133. The van der Waals surface area contributed by atoms with Gasteiger partial charge in [-0.1, -0.05) is 29.8 Å². The Morgan fingerprint density at radius 2 is 1.83 bits per heavy atom. The minimum Gasteiger partial charge on any atom is -0.465 e. The van der Waals surface area contributed by atoms with Crippen molar-refractivity contribution in [1.29, 1.82) is 0 Å². The van der Waals surface area contributed by atoms with Crippen molar-refractivity contribution in [3.8, 4) is 0 Å². The third-order valence-corrected chi connectivity index (χ3v) is 5.28. The van der Waals surface area contributed by atoms with Gasteiger partial charge in [0.2, 0.25) is 0 Å². The first kappa shape index (κ1) is 17.2. The molecule has 2 rings (SSSR count). The van der Waals surface area contributed by atoms with Crippen molar-refractivity contribution in [2.45, 2.75) is 4.90 Å². The third kappa shape index (κ3) is 3.16. The number of sulfonamides is 1. The van der Waals surface area contributed by atoms with Crippen LogP contribution in [-0.2, 0) is 14.8 Å². The second-order valence-electron chi connectivity index (χ2n) is 4.53. The molecule has 0 spiro atoms. The molecular weight excluding hydrogens is 345 g/mol. The number of carbonyl (C=O) groups is 1. The molecule has 0 amide bonds. The summed E-state index contributed by atoms with van der Waals surface area (Å²) in [5, 5.41) is -0.305. The third-order valence-electron chi connectivity index (χ3n) is 3.20. The standard InChI is InChI=1S/C15H13ClFNO4S/c1-18(12-8-4-3-6-10(12)15(19)22-2)23(20,21)13-9-5-7-11(16)14(13)17/h3-9H,1-2H3. The number of rotatable bonds is 4. The van der Waals surface area contributed by atoms with E-state index in [4.69, 9.17) is 11.6 Å². The number of esters is 1. The van der Waals surface area contributed by atoms with Crippen molar-refractivity contribution in [3.05, 3.63) is 58.9 Å². The number of anilines is 1. The molecule has 0 N–H and O–H groups in total. The van der Waals surface area contributed by atoms with Crippen LogP contribution in [0, 0.1) is 5.82 Å². The van der Waals surface area contributed by atoms with E-state index < -0.39 is 26.7 Å². The molecule has 2 aromatic rings. The fourth-order valence-corrected chi connectivity index (χ4v) is 3.52. The summed E-state index contributed by atoms with van der Waals surface area (Å²) in [6.07, 6.45) is 0. The molecule has 0 saturated carbocycles. The number of hydrogen-bond acceptors (Lipinski definition) is 4. The number of para-hydroxylation sites is 1. The number of benzene rings is 2. The summed E-state index contributed by atoms with van der Waals surface area (Å²) in [6, 6.07) is 9.65. The van der Waals surface area contributed by atoms with Gasteiger partial charge in [-0.05, 0) is 24.3 Å². The number of nitrogens with zero attached hydrogens (tertiary/aromatic N) is 1. The number of hydrogen-bond donors (Lipinski definition) is 0. The summed E-state index contributed by atoms with van der Waals surface area (Å²) in [5.41, 5.74) is 0.113. The highest BCUT2D eigenvalue weighted by atomic mass is 35.5. The molecule has 0 fully saturated rings. The molecule has 0 unspecified atom stereocenters. The van der Waals surface area contributed by atoms with Crippen LogP contribution in [0.1, 0.15) is 10.4 Å². The Balaban J connectivity index is 2.58. The minimum atomic E-state index is -4.24. The van der Waals surface area contributed by atoms with Crippen molar-refractivity contribution in [2.75, 3.05) is 18.5 Å². The summed E-state index contributed by atoms with van der Waals surface area (Å²) < 4.78 is 44.8. The number of halogens is 2. The normalized spacial score (nSPS) is 11.1. The Labute approximate surface area is 138 Å². The Hall–Kier alpha value is -2.12. The highest BCUT2D eigenvalue weighted by Gasteiger charge is 2.28. The summed E-state index contributed by atoms with van der Waals surface area (Å²) >= 11 is 5.64. The van der Waals surface area contributed by atoms with E-state index in [1.807, 2.05) is 0 Å². The average molecular weight is 358 g/mol. The lowest BCUT2D eigenvalue weighted by Gasteiger charge is -2.22. The second-order valence-corrected chi connectivity index (χ2v) is 6.88. The van der Waals surface area contributed by atoms with E-state index in [1.54, 1.807) is 12.1 Å². The number of ether oxygens (including phenoxy) is 1. The number of methoxy groups -OCH3 is 1. The largest absolute Gasteiger partial charge is 0.465 e. The fourth-order valence-electron chi connectivity index (χ4n) is 1.99. The molecule has 0 aliphatic carbocycles. The quantitative estimate of drug-likeness (QED) is 0.789. The van der Waals surface area contributed by atoms with Crippen LogP contribution in [0.25, 0.3) is 0 Å². The predicted molar refractivity (Wildman–Crippen MR) is 84.8 cm³/mol. The smallest absolute Gasteiger partial charge is 0.340 e. The van der Waals surface area contributed by atoms with Crippen molar-refractivity contribution >= 4 is 33.3 Å². The van der Waals surface area contributed by atoms with Crippen LogP contribution in [-0.4, -0.2) is 28.5 Å². The number of carbonyl (C=O) groups excluding carboxylic acids is 1. The van der Waals surface area contributed by atoms with Gasteiger partial charge < -0.3 is 4.74 Å². The zero-order chi connectivity index (χ0) is 17.2. The van der Waals surface area contributed by atoms with Crippen molar-refractivity contribution < 1.29 is 22.3 Å². The molecule has 0 atom stereocenters. The Bertz CT molecular complexity index is 854. The van der Waals surface area contributed by atoms with E-state index in [-0.39, 0.29) is 16.3 Å². The predicted octanol–water partition coefficient (Wildman–Crippen LogP) is 3.09. The van der Waals surface area contributed by atoms with Gasteiger partial charge in [0.15, 0.2) is 5.82 Å². The molecule has 23 heavy (non-hydrogen) atoms. The van der Waals surface area contributed by atoms with E-state index in [1.165, 1.54) is 38.4 Å². The van der Waals surface area contributed by atoms with Gasteiger partial charge in [0, 0.05) is 7.05 Å². The van der Waals surface area contributed by atoms with Crippen molar-refractivity contribution in [2.24, 2.45) is 0 Å². The van der Waals surface area contributed by atoms with Gasteiger partial charge in [0.05, 0.1) is 23.4 Å². The summed E-state index contributed by atoms with van der Waals surface area (Å²) in [7, 11) is -1.84. The van der Waals surface area contributed by atoms with Gasteiger partial charge in [-0.15, -0.1) is 0 Å². The molecule has 8 heteroatoms. The maximum absolute atomic E-state index is 14.1. The zero-order valence-electron chi connectivity index (χ0n) is 12.3. The summed E-state index contributed by atoms with van der Waals surface area (Å²) in [4.78, 5) is 11.2. The van der Waals surface area contributed by atoms with Crippen LogP contribution in [0.4, 0.5) is 10.1 Å². The lowest BCUT2D eigenvalue weighted by molar-refractivity contribution is 0.0601. The molecule has 0 saturated heterocycles. The highest BCUT2D eigenvalue weighted by molar-refractivity contribution is 7.92. The van der Waals surface area contributed by atoms with Crippen molar-refractivity contribution in [3.63, 3.8) is 0 Å². The topological polar surface area (TPSA) is 63.7 Å². The van der Waals surface area contributed by atoms with E-state index in [9.17, 15) is 17.6 Å². The molecule has 0 heterocycles. The van der Waals surface area contributed by atoms with Gasteiger partial charge in [0.1, 0.15) is 4.90 Å². The molecule has 0 bridgehead atoms. The Morgan fingerprint density at radius 1 is 1.17 bits per heavy atom. The molecule has 122 valence electrons. The molecule has 5 nitrogen and oxygen atoms in total. The molecular formula is C15H13ClFNO4S. The zero-order valence-corrected chi connectivity index (χ0v) is 13.9. The van der Waals surface area contributed by atoms with Crippen LogP contribution in [0.15, 0.2) is 47.4 Å². The van der Waals surface area contributed by atoms with E-state index in [0.29, 0.717) is 0 Å². The van der Waals surface area contributed by atoms with Gasteiger partial charge in [0.25, 0.3) is 10.0 Å². The van der Waals surface area contributed by atoms with Crippen LogP contribution >= 0.6 is 11.6 Å². The monoisotopic (exact) mass is 357 g/mol.